The zero-order valence-electron chi connectivity index (χ0n) is 11.5. The third kappa shape index (κ3) is 2.80. The van der Waals surface area contributed by atoms with E-state index in [9.17, 15) is 4.79 Å². The Labute approximate surface area is 118 Å². The minimum atomic E-state index is 0.204. The van der Waals surface area contributed by atoms with E-state index in [4.69, 9.17) is 0 Å². The molecule has 0 spiro atoms. The van der Waals surface area contributed by atoms with Crippen molar-refractivity contribution in [3.8, 4) is 0 Å². The first-order chi connectivity index (χ1) is 9.84. The molecule has 0 atom stereocenters. The number of para-hydroxylation sites is 1. The molecule has 0 bridgehead atoms. The zero-order chi connectivity index (χ0) is 13.8. The monoisotopic (exact) mass is 269 g/mol. The van der Waals surface area contributed by atoms with Crippen LogP contribution in [0, 0.1) is 0 Å². The molecule has 4 nitrogen and oxygen atoms in total. The van der Waals surface area contributed by atoms with Crippen LogP contribution in [0.4, 0.5) is 0 Å². The molecular formula is C16H19N3O. The molecule has 104 valence electrons. The lowest BCUT2D eigenvalue weighted by molar-refractivity contribution is -0.129. The summed E-state index contributed by atoms with van der Waals surface area (Å²) in [7, 11) is 0. The maximum Gasteiger partial charge on any atom is 0.236 e. The molecule has 2 aromatic rings. The molecule has 4 heteroatoms. The van der Waals surface area contributed by atoms with Crippen molar-refractivity contribution < 1.29 is 4.79 Å². The van der Waals surface area contributed by atoms with Gasteiger partial charge in [-0.15, -0.1) is 0 Å². The van der Waals surface area contributed by atoms with Crippen LogP contribution in [0.15, 0.2) is 36.5 Å². The van der Waals surface area contributed by atoms with Crippen LogP contribution in [0.3, 0.4) is 0 Å². The lowest BCUT2D eigenvalue weighted by Gasteiger charge is -2.15. The summed E-state index contributed by atoms with van der Waals surface area (Å²) < 4.78 is 0. The largest absolute Gasteiger partial charge is 0.342 e. The summed E-state index contributed by atoms with van der Waals surface area (Å²) in [4.78, 5) is 18.3. The van der Waals surface area contributed by atoms with E-state index in [0.717, 1.165) is 42.4 Å². The Hall–Kier alpha value is -1.94. The first-order valence-electron chi connectivity index (χ1n) is 7.16. The highest BCUT2D eigenvalue weighted by molar-refractivity contribution is 5.81. The van der Waals surface area contributed by atoms with Crippen molar-refractivity contribution in [2.45, 2.75) is 19.4 Å². The highest BCUT2D eigenvalue weighted by atomic mass is 16.2. The van der Waals surface area contributed by atoms with E-state index in [2.05, 4.69) is 28.5 Å². The number of rotatable bonds is 4. The number of likely N-dealkylation sites (tertiary alicyclic amines) is 1. The molecule has 1 fully saturated rings. The fourth-order valence-corrected chi connectivity index (χ4v) is 2.69. The van der Waals surface area contributed by atoms with E-state index in [1.807, 2.05) is 17.0 Å². The van der Waals surface area contributed by atoms with Crippen molar-refractivity contribution in [2.24, 2.45) is 0 Å². The molecule has 1 aliphatic rings. The quantitative estimate of drug-likeness (QED) is 0.922. The molecule has 0 radical (unpaired) electrons. The van der Waals surface area contributed by atoms with Crippen molar-refractivity contribution >= 4 is 16.8 Å². The smallest absolute Gasteiger partial charge is 0.236 e. The fraction of sp³-hybridized carbons (Fsp3) is 0.375. The van der Waals surface area contributed by atoms with Crippen LogP contribution < -0.4 is 5.32 Å². The van der Waals surface area contributed by atoms with Crippen molar-refractivity contribution in [1.82, 2.24) is 15.2 Å². The van der Waals surface area contributed by atoms with Crippen LogP contribution in [0.25, 0.3) is 10.9 Å². The predicted molar refractivity (Wildman–Crippen MR) is 79.3 cm³/mol. The number of hydrogen-bond acceptors (Lipinski definition) is 3. The van der Waals surface area contributed by atoms with Gasteiger partial charge in [0.1, 0.15) is 0 Å². The van der Waals surface area contributed by atoms with Gasteiger partial charge in [-0.2, -0.15) is 0 Å². The first kappa shape index (κ1) is 13.1. The predicted octanol–water partition coefficient (Wildman–Crippen LogP) is 1.95. The summed E-state index contributed by atoms with van der Waals surface area (Å²) in [5.74, 6) is 0.204. The van der Waals surface area contributed by atoms with Gasteiger partial charge in [-0.25, -0.2) is 0 Å². The van der Waals surface area contributed by atoms with Gasteiger partial charge in [-0.05, 0) is 24.5 Å². The molecule has 1 saturated heterocycles. The maximum absolute atomic E-state index is 11.9. The highest BCUT2D eigenvalue weighted by Crippen LogP contribution is 2.15. The summed E-state index contributed by atoms with van der Waals surface area (Å²) in [5, 5.41) is 4.38. The lowest BCUT2D eigenvalue weighted by atomic mass is 10.1. The molecule has 1 amide bonds. The van der Waals surface area contributed by atoms with Crippen molar-refractivity contribution in [3.05, 3.63) is 42.1 Å². The summed E-state index contributed by atoms with van der Waals surface area (Å²) >= 11 is 0. The molecule has 3 rings (SSSR count). The number of carbonyl (C=O) groups excluding carboxylic acids is 1. The number of benzene rings is 1. The Morgan fingerprint density at radius 1 is 1.20 bits per heavy atom. The van der Waals surface area contributed by atoms with Crippen molar-refractivity contribution in [1.29, 1.82) is 0 Å². The molecule has 1 N–H and O–H groups in total. The Balaban J connectivity index is 1.61. The SMILES string of the molecule is O=C(CNCc1cccc2cccnc12)N1CCCC1. The van der Waals surface area contributed by atoms with E-state index in [0.29, 0.717) is 13.1 Å². The molecular weight excluding hydrogens is 250 g/mol. The molecule has 0 saturated carbocycles. The number of amides is 1. The number of fused-ring (bicyclic) bond motifs is 1. The van der Waals surface area contributed by atoms with Crippen molar-refractivity contribution in [3.63, 3.8) is 0 Å². The van der Waals surface area contributed by atoms with Gasteiger partial charge in [0.2, 0.25) is 5.91 Å². The normalized spacial score (nSPS) is 14.9. The summed E-state index contributed by atoms with van der Waals surface area (Å²) in [6, 6.07) is 10.1. The van der Waals surface area contributed by atoms with Crippen molar-refractivity contribution in [2.75, 3.05) is 19.6 Å². The van der Waals surface area contributed by atoms with Crippen LogP contribution in [0.5, 0.6) is 0 Å². The Morgan fingerprint density at radius 2 is 2.00 bits per heavy atom. The molecule has 1 aromatic heterocycles. The number of nitrogens with one attached hydrogen (secondary N) is 1. The number of carbonyl (C=O) groups is 1. The van der Waals surface area contributed by atoms with Gasteiger partial charge in [0.25, 0.3) is 0 Å². The summed E-state index contributed by atoms with van der Waals surface area (Å²) in [6.07, 6.45) is 4.08. The average Bonchev–Trinajstić information content (AvgIpc) is 3.02. The Morgan fingerprint density at radius 3 is 2.85 bits per heavy atom. The van der Waals surface area contributed by atoms with Gasteiger partial charge in [-0.1, -0.05) is 24.3 Å². The Bertz CT molecular complexity index is 600. The van der Waals surface area contributed by atoms with Crippen LogP contribution in [-0.4, -0.2) is 35.4 Å². The topological polar surface area (TPSA) is 45.2 Å². The first-order valence-corrected chi connectivity index (χ1v) is 7.16. The molecule has 20 heavy (non-hydrogen) atoms. The standard InChI is InChI=1S/C16H19N3O/c20-15(19-9-1-2-10-19)12-17-11-14-6-3-5-13-7-4-8-18-16(13)14/h3-8,17H,1-2,9-12H2. The van der Waals surface area contributed by atoms with Crippen LogP contribution in [0.2, 0.25) is 0 Å². The molecule has 1 aromatic carbocycles. The second-order valence-corrected chi connectivity index (χ2v) is 5.18. The van der Waals surface area contributed by atoms with E-state index < -0.39 is 0 Å². The molecule has 0 aliphatic carbocycles. The van der Waals surface area contributed by atoms with Gasteiger partial charge in [0.05, 0.1) is 12.1 Å². The second-order valence-electron chi connectivity index (χ2n) is 5.18. The maximum atomic E-state index is 11.9. The number of hydrogen-bond donors (Lipinski definition) is 1. The third-order valence-electron chi connectivity index (χ3n) is 3.77. The van der Waals surface area contributed by atoms with E-state index in [-0.39, 0.29) is 5.91 Å². The number of nitrogens with zero attached hydrogens (tertiary/aromatic N) is 2. The van der Waals surface area contributed by atoms with Crippen LogP contribution in [-0.2, 0) is 11.3 Å². The third-order valence-corrected chi connectivity index (χ3v) is 3.77. The second kappa shape index (κ2) is 6.01. The van der Waals surface area contributed by atoms with E-state index in [1.165, 1.54) is 0 Å². The number of aromatic nitrogens is 1. The fourth-order valence-electron chi connectivity index (χ4n) is 2.69. The summed E-state index contributed by atoms with van der Waals surface area (Å²) in [6.45, 7) is 2.91. The molecule has 1 aliphatic heterocycles. The Kier molecular flexibility index (Phi) is 3.92. The van der Waals surface area contributed by atoms with Gasteiger partial charge in [0.15, 0.2) is 0 Å². The minimum absolute atomic E-state index is 0.204. The van der Waals surface area contributed by atoms with Gasteiger partial charge in [0, 0.05) is 31.2 Å². The lowest BCUT2D eigenvalue weighted by Crippen LogP contribution is -2.36. The minimum Gasteiger partial charge on any atom is -0.342 e. The molecule has 2 heterocycles. The van der Waals surface area contributed by atoms with Gasteiger partial charge < -0.3 is 10.2 Å². The zero-order valence-corrected chi connectivity index (χ0v) is 11.5. The number of pyridine rings is 1. The van der Waals surface area contributed by atoms with Gasteiger partial charge >= 0.3 is 0 Å². The average molecular weight is 269 g/mol. The van der Waals surface area contributed by atoms with Gasteiger partial charge in [-0.3, -0.25) is 9.78 Å². The summed E-state index contributed by atoms with van der Waals surface area (Å²) in [5.41, 5.74) is 2.15. The van der Waals surface area contributed by atoms with E-state index >= 15 is 0 Å². The highest BCUT2D eigenvalue weighted by Gasteiger charge is 2.17. The van der Waals surface area contributed by atoms with E-state index in [1.54, 1.807) is 6.20 Å². The molecule has 0 unspecified atom stereocenters. The van der Waals surface area contributed by atoms with Crippen LogP contribution >= 0.6 is 0 Å². The van der Waals surface area contributed by atoms with Crippen LogP contribution in [0.1, 0.15) is 18.4 Å².